The van der Waals surface area contributed by atoms with Gasteiger partial charge in [-0.15, -0.1) is 0 Å². The molecule has 0 saturated heterocycles. The van der Waals surface area contributed by atoms with Crippen LogP contribution in [0.1, 0.15) is 18.1 Å². The number of anilines is 1. The van der Waals surface area contributed by atoms with Crippen LogP contribution in [0.3, 0.4) is 0 Å². The lowest BCUT2D eigenvalue weighted by atomic mass is 10.1. The summed E-state index contributed by atoms with van der Waals surface area (Å²) >= 11 is 4.91. The zero-order valence-corrected chi connectivity index (χ0v) is 11.3. The highest BCUT2D eigenvalue weighted by molar-refractivity contribution is 7.90. The van der Waals surface area contributed by atoms with E-state index in [1.807, 2.05) is 13.0 Å². The minimum Gasteiger partial charge on any atom is -0.389 e. The normalized spacial score (nSPS) is 11.2. The molecule has 0 radical (unpaired) electrons. The summed E-state index contributed by atoms with van der Waals surface area (Å²) < 4.78 is 27.9. The van der Waals surface area contributed by atoms with Crippen molar-refractivity contribution in [3.05, 3.63) is 29.3 Å². The summed E-state index contributed by atoms with van der Waals surface area (Å²) in [5.41, 5.74) is 7.35. The van der Waals surface area contributed by atoms with E-state index in [0.29, 0.717) is 17.8 Å². The summed E-state index contributed by atoms with van der Waals surface area (Å²) in [7, 11) is -3.57. The molecule has 0 aliphatic rings. The Morgan fingerprint density at radius 2 is 2.12 bits per heavy atom. The number of nitrogens with one attached hydrogen (secondary N) is 2. The lowest BCUT2D eigenvalue weighted by molar-refractivity contribution is 0.589. The van der Waals surface area contributed by atoms with Gasteiger partial charge in [0.1, 0.15) is 4.99 Å². The average Bonchev–Trinajstić information content (AvgIpc) is 2.15. The van der Waals surface area contributed by atoms with Crippen molar-refractivity contribution < 1.29 is 8.42 Å². The van der Waals surface area contributed by atoms with Crippen molar-refractivity contribution in [1.82, 2.24) is 4.72 Å². The topological polar surface area (TPSA) is 84.2 Å². The maximum Gasteiger partial charge on any atom is 0.299 e. The van der Waals surface area contributed by atoms with Crippen molar-refractivity contribution in [3.8, 4) is 0 Å². The smallest absolute Gasteiger partial charge is 0.299 e. The highest BCUT2D eigenvalue weighted by Gasteiger charge is 2.13. The van der Waals surface area contributed by atoms with Gasteiger partial charge in [0, 0.05) is 12.1 Å². The van der Waals surface area contributed by atoms with Gasteiger partial charge in [-0.25, -0.2) is 0 Å². The van der Waals surface area contributed by atoms with E-state index < -0.39 is 10.2 Å². The molecule has 1 aromatic rings. The van der Waals surface area contributed by atoms with Gasteiger partial charge in [0.25, 0.3) is 10.2 Å². The van der Waals surface area contributed by atoms with Gasteiger partial charge in [0.15, 0.2) is 0 Å². The second kappa shape index (κ2) is 5.44. The predicted octanol–water partition coefficient (Wildman–Crippen LogP) is 0.895. The van der Waals surface area contributed by atoms with E-state index in [2.05, 4.69) is 9.44 Å². The van der Waals surface area contributed by atoms with Crippen LogP contribution in [0.2, 0.25) is 0 Å². The number of benzene rings is 1. The first-order chi connectivity index (χ1) is 7.87. The monoisotopic (exact) mass is 273 g/mol. The van der Waals surface area contributed by atoms with Crippen molar-refractivity contribution in [1.29, 1.82) is 0 Å². The summed E-state index contributed by atoms with van der Waals surface area (Å²) in [6.07, 6.45) is 0. The zero-order chi connectivity index (χ0) is 13.1. The number of aryl methyl sites for hydroxylation is 1. The Balaban J connectivity index is 3.16. The molecule has 0 unspecified atom stereocenters. The minimum atomic E-state index is -3.57. The van der Waals surface area contributed by atoms with Crippen LogP contribution in [0.25, 0.3) is 0 Å². The van der Waals surface area contributed by atoms with Gasteiger partial charge < -0.3 is 5.73 Å². The Kier molecular flexibility index (Phi) is 4.44. The first-order valence-corrected chi connectivity index (χ1v) is 6.93. The fraction of sp³-hybridized carbons (Fsp3) is 0.300. The molecule has 0 aliphatic heterocycles. The van der Waals surface area contributed by atoms with Crippen LogP contribution in [0.4, 0.5) is 5.69 Å². The van der Waals surface area contributed by atoms with Crippen LogP contribution < -0.4 is 15.2 Å². The van der Waals surface area contributed by atoms with Crippen LogP contribution in [0.5, 0.6) is 0 Å². The third kappa shape index (κ3) is 3.65. The van der Waals surface area contributed by atoms with Crippen molar-refractivity contribution >= 4 is 33.1 Å². The molecule has 7 heteroatoms. The summed E-state index contributed by atoms with van der Waals surface area (Å²) in [6, 6.07) is 5.18. The molecule has 0 fully saturated rings. The molecule has 0 spiro atoms. The van der Waals surface area contributed by atoms with E-state index >= 15 is 0 Å². The quantitative estimate of drug-likeness (QED) is 0.696. The molecule has 0 atom stereocenters. The first-order valence-electron chi connectivity index (χ1n) is 5.04. The first kappa shape index (κ1) is 13.9. The third-order valence-electron chi connectivity index (χ3n) is 2.10. The van der Waals surface area contributed by atoms with Crippen LogP contribution >= 0.6 is 12.2 Å². The van der Waals surface area contributed by atoms with E-state index in [1.54, 1.807) is 19.1 Å². The van der Waals surface area contributed by atoms with Gasteiger partial charge in [-0.1, -0.05) is 31.3 Å². The minimum absolute atomic E-state index is 0.164. The molecule has 94 valence electrons. The number of nitrogens with two attached hydrogens (primary N) is 1. The number of hydrogen-bond donors (Lipinski definition) is 3. The van der Waals surface area contributed by atoms with Crippen molar-refractivity contribution in [2.24, 2.45) is 5.73 Å². The van der Waals surface area contributed by atoms with Crippen molar-refractivity contribution in [2.45, 2.75) is 13.8 Å². The Morgan fingerprint density at radius 1 is 1.47 bits per heavy atom. The van der Waals surface area contributed by atoms with Crippen LogP contribution in [0, 0.1) is 6.92 Å². The summed E-state index contributed by atoms with van der Waals surface area (Å²) in [4.78, 5) is 0.164. The van der Waals surface area contributed by atoms with Gasteiger partial charge in [0.2, 0.25) is 0 Å². The largest absolute Gasteiger partial charge is 0.389 e. The Hall–Kier alpha value is -1.18. The number of rotatable bonds is 5. The number of hydrogen-bond acceptors (Lipinski definition) is 3. The standard InChI is InChI=1S/C10H15N3O2S2/c1-3-12-17(14,15)13-8-6-4-5-7(2)9(8)10(11)16/h4-6,12-13H,3H2,1-2H3,(H2,11,16). The van der Waals surface area contributed by atoms with Gasteiger partial charge in [-0.2, -0.15) is 13.1 Å². The molecular weight excluding hydrogens is 258 g/mol. The van der Waals surface area contributed by atoms with E-state index in [0.717, 1.165) is 5.56 Å². The summed E-state index contributed by atoms with van der Waals surface area (Å²) in [5.74, 6) is 0. The highest BCUT2D eigenvalue weighted by Crippen LogP contribution is 2.20. The zero-order valence-electron chi connectivity index (χ0n) is 9.65. The van der Waals surface area contributed by atoms with Crippen molar-refractivity contribution in [2.75, 3.05) is 11.3 Å². The van der Waals surface area contributed by atoms with Crippen LogP contribution in [-0.2, 0) is 10.2 Å². The summed E-state index contributed by atoms with van der Waals surface area (Å²) in [6.45, 7) is 3.83. The third-order valence-corrected chi connectivity index (χ3v) is 3.46. The molecule has 0 aromatic heterocycles. The molecular formula is C10H15N3O2S2. The molecule has 1 aromatic carbocycles. The Morgan fingerprint density at radius 3 is 2.65 bits per heavy atom. The molecule has 0 bridgehead atoms. The lowest BCUT2D eigenvalue weighted by Crippen LogP contribution is -2.30. The van der Waals surface area contributed by atoms with E-state index in [4.69, 9.17) is 18.0 Å². The fourth-order valence-corrected chi connectivity index (χ4v) is 2.63. The molecule has 0 heterocycles. The Labute approximate surface area is 107 Å². The lowest BCUT2D eigenvalue weighted by Gasteiger charge is -2.13. The van der Waals surface area contributed by atoms with Gasteiger partial charge in [0.05, 0.1) is 5.69 Å². The average molecular weight is 273 g/mol. The van der Waals surface area contributed by atoms with Crippen molar-refractivity contribution in [3.63, 3.8) is 0 Å². The molecule has 1 rings (SSSR count). The van der Waals surface area contributed by atoms with E-state index in [9.17, 15) is 8.42 Å². The molecule has 5 nitrogen and oxygen atoms in total. The molecule has 0 amide bonds. The molecule has 4 N–H and O–H groups in total. The van der Waals surface area contributed by atoms with Gasteiger partial charge in [-0.3, -0.25) is 4.72 Å². The number of thiocarbonyl (C=S) groups is 1. The fourth-order valence-electron chi connectivity index (χ4n) is 1.45. The SMILES string of the molecule is CCNS(=O)(=O)Nc1cccc(C)c1C(N)=S. The van der Waals surface area contributed by atoms with Gasteiger partial charge in [-0.05, 0) is 18.6 Å². The molecule has 0 saturated carbocycles. The van der Waals surface area contributed by atoms with Gasteiger partial charge >= 0.3 is 0 Å². The Bertz CT molecular complexity index is 526. The second-order valence-corrected chi connectivity index (χ2v) is 5.40. The summed E-state index contributed by atoms with van der Waals surface area (Å²) in [5, 5.41) is 0. The maximum absolute atomic E-state index is 11.6. The van der Waals surface area contributed by atoms with Crippen LogP contribution in [0.15, 0.2) is 18.2 Å². The highest BCUT2D eigenvalue weighted by atomic mass is 32.2. The van der Waals surface area contributed by atoms with E-state index in [-0.39, 0.29) is 4.99 Å². The maximum atomic E-state index is 11.6. The molecule has 17 heavy (non-hydrogen) atoms. The second-order valence-electron chi connectivity index (χ2n) is 3.47. The van der Waals surface area contributed by atoms with Crippen LogP contribution in [-0.4, -0.2) is 20.0 Å². The predicted molar refractivity (Wildman–Crippen MR) is 73.3 cm³/mol. The van der Waals surface area contributed by atoms with E-state index in [1.165, 1.54) is 0 Å². The molecule has 0 aliphatic carbocycles.